The van der Waals surface area contributed by atoms with E-state index in [9.17, 15) is 4.79 Å². The SMILES string of the molecule is COc1cc(Nc2nc(NCCCC(=O)O)nc(-c3ccccc3)n2)ccc1-c1cnco1. The number of nitrogens with one attached hydrogen (secondary N) is 2. The minimum atomic E-state index is -0.845. The van der Waals surface area contributed by atoms with Gasteiger partial charge in [0.05, 0.1) is 18.9 Å². The predicted octanol–water partition coefficient (Wildman–Crippen LogP) is 4.22. The number of nitrogens with zero attached hydrogens (tertiary/aromatic N) is 4. The average molecular weight is 446 g/mol. The van der Waals surface area contributed by atoms with E-state index in [2.05, 4.69) is 30.6 Å². The summed E-state index contributed by atoms with van der Waals surface area (Å²) in [6.45, 7) is 0.420. The lowest BCUT2D eigenvalue weighted by atomic mass is 10.1. The Balaban J connectivity index is 1.60. The lowest BCUT2D eigenvalue weighted by Crippen LogP contribution is -2.10. The highest BCUT2D eigenvalue weighted by Crippen LogP contribution is 2.33. The van der Waals surface area contributed by atoms with Gasteiger partial charge in [-0.3, -0.25) is 4.79 Å². The second kappa shape index (κ2) is 10.2. The van der Waals surface area contributed by atoms with Crippen LogP contribution in [-0.2, 0) is 4.79 Å². The number of anilines is 3. The molecule has 33 heavy (non-hydrogen) atoms. The van der Waals surface area contributed by atoms with Crippen molar-refractivity contribution < 1.29 is 19.1 Å². The van der Waals surface area contributed by atoms with Crippen LogP contribution >= 0.6 is 0 Å². The zero-order valence-corrected chi connectivity index (χ0v) is 17.9. The van der Waals surface area contributed by atoms with Gasteiger partial charge in [0.25, 0.3) is 0 Å². The molecular formula is C23H22N6O4. The second-order valence-electron chi connectivity index (χ2n) is 7.00. The lowest BCUT2D eigenvalue weighted by molar-refractivity contribution is -0.137. The van der Waals surface area contributed by atoms with Crippen LogP contribution in [0.1, 0.15) is 12.8 Å². The second-order valence-corrected chi connectivity index (χ2v) is 7.00. The Labute approximate surface area is 189 Å². The number of aliphatic carboxylic acids is 1. The normalized spacial score (nSPS) is 10.6. The Bertz CT molecular complexity index is 1220. The summed E-state index contributed by atoms with van der Waals surface area (Å²) in [5.74, 6) is 1.52. The number of ether oxygens (including phenoxy) is 1. The minimum absolute atomic E-state index is 0.0616. The number of oxazole rings is 1. The summed E-state index contributed by atoms with van der Waals surface area (Å²) in [4.78, 5) is 28.2. The van der Waals surface area contributed by atoms with Gasteiger partial charge in [-0.2, -0.15) is 15.0 Å². The molecule has 0 saturated carbocycles. The zero-order chi connectivity index (χ0) is 23.0. The highest BCUT2D eigenvalue weighted by atomic mass is 16.5. The van der Waals surface area contributed by atoms with Gasteiger partial charge in [-0.05, 0) is 18.6 Å². The maximum absolute atomic E-state index is 10.8. The third kappa shape index (κ3) is 5.62. The van der Waals surface area contributed by atoms with Crippen LogP contribution in [0, 0.1) is 0 Å². The predicted molar refractivity (Wildman–Crippen MR) is 122 cm³/mol. The van der Waals surface area contributed by atoms with E-state index in [-0.39, 0.29) is 6.42 Å². The van der Waals surface area contributed by atoms with Gasteiger partial charge in [0, 0.05) is 30.3 Å². The number of carbonyl (C=O) groups is 1. The summed E-state index contributed by atoms with van der Waals surface area (Å²) in [5.41, 5.74) is 2.30. The fourth-order valence-corrected chi connectivity index (χ4v) is 3.12. The van der Waals surface area contributed by atoms with Crippen LogP contribution in [0.2, 0.25) is 0 Å². The molecule has 3 N–H and O–H groups in total. The number of hydrogen-bond donors (Lipinski definition) is 3. The highest BCUT2D eigenvalue weighted by molar-refractivity contribution is 5.71. The number of rotatable bonds is 10. The first-order valence-corrected chi connectivity index (χ1v) is 10.2. The number of carboxylic acids is 1. The summed E-state index contributed by atoms with van der Waals surface area (Å²) in [6.07, 6.45) is 3.49. The molecular weight excluding hydrogens is 424 g/mol. The third-order valence-electron chi connectivity index (χ3n) is 4.67. The quantitative estimate of drug-likeness (QED) is 0.304. The maximum atomic E-state index is 10.8. The van der Waals surface area contributed by atoms with Crippen LogP contribution in [0.3, 0.4) is 0 Å². The van der Waals surface area contributed by atoms with Crippen LogP contribution in [0.25, 0.3) is 22.7 Å². The Morgan fingerprint density at radius 1 is 1.09 bits per heavy atom. The summed E-state index contributed by atoms with van der Waals surface area (Å²) < 4.78 is 10.9. The van der Waals surface area contributed by atoms with E-state index in [4.69, 9.17) is 14.3 Å². The molecule has 0 unspecified atom stereocenters. The summed E-state index contributed by atoms with van der Waals surface area (Å²) in [5, 5.41) is 15.1. The number of hydrogen-bond acceptors (Lipinski definition) is 9. The third-order valence-corrected chi connectivity index (χ3v) is 4.67. The Morgan fingerprint density at radius 3 is 2.64 bits per heavy atom. The van der Waals surface area contributed by atoms with Gasteiger partial charge >= 0.3 is 5.97 Å². The largest absolute Gasteiger partial charge is 0.496 e. The number of methoxy groups -OCH3 is 1. The number of aromatic nitrogens is 4. The molecule has 0 radical (unpaired) electrons. The van der Waals surface area contributed by atoms with E-state index < -0.39 is 5.97 Å². The van der Waals surface area contributed by atoms with Crippen molar-refractivity contribution in [3.05, 3.63) is 61.1 Å². The van der Waals surface area contributed by atoms with Crippen LogP contribution in [0.5, 0.6) is 5.75 Å². The van der Waals surface area contributed by atoms with Gasteiger partial charge in [-0.1, -0.05) is 30.3 Å². The van der Waals surface area contributed by atoms with Gasteiger partial charge in [-0.15, -0.1) is 0 Å². The monoisotopic (exact) mass is 446 g/mol. The van der Waals surface area contributed by atoms with Gasteiger partial charge < -0.3 is 24.9 Å². The van der Waals surface area contributed by atoms with Crippen molar-refractivity contribution >= 4 is 23.6 Å². The van der Waals surface area contributed by atoms with Crippen LogP contribution in [0.15, 0.2) is 65.5 Å². The van der Waals surface area contributed by atoms with Crippen molar-refractivity contribution in [3.63, 3.8) is 0 Å². The molecule has 0 amide bonds. The Morgan fingerprint density at radius 2 is 1.91 bits per heavy atom. The molecule has 0 spiro atoms. The van der Waals surface area contributed by atoms with E-state index in [1.165, 1.54) is 6.39 Å². The molecule has 4 aromatic rings. The van der Waals surface area contributed by atoms with Gasteiger partial charge in [0.15, 0.2) is 18.0 Å². The molecule has 2 aromatic heterocycles. The van der Waals surface area contributed by atoms with E-state index in [1.54, 1.807) is 13.3 Å². The van der Waals surface area contributed by atoms with Gasteiger partial charge in [-0.25, -0.2) is 4.98 Å². The number of carboxylic acid groups (broad SMARTS) is 1. The average Bonchev–Trinajstić information content (AvgIpc) is 3.37. The minimum Gasteiger partial charge on any atom is -0.496 e. The first-order chi connectivity index (χ1) is 16.1. The van der Waals surface area contributed by atoms with Crippen molar-refractivity contribution in [1.82, 2.24) is 19.9 Å². The maximum Gasteiger partial charge on any atom is 0.303 e. The fourth-order valence-electron chi connectivity index (χ4n) is 3.12. The van der Waals surface area contributed by atoms with E-state index in [1.807, 2.05) is 48.5 Å². The van der Waals surface area contributed by atoms with Crippen molar-refractivity contribution in [2.75, 3.05) is 24.3 Å². The molecule has 2 aromatic carbocycles. The topological polar surface area (TPSA) is 135 Å². The Kier molecular flexibility index (Phi) is 6.74. The lowest BCUT2D eigenvalue weighted by Gasteiger charge is -2.12. The molecule has 10 nitrogen and oxygen atoms in total. The molecule has 4 rings (SSSR count). The molecule has 0 saturated heterocycles. The van der Waals surface area contributed by atoms with Crippen LogP contribution in [0.4, 0.5) is 17.6 Å². The van der Waals surface area contributed by atoms with E-state index in [0.29, 0.717) is 47.9 Å². The van der Waals surface area contributed by atoms with Crippen LogP contribution in [-0.4, -0.2) is 44.7 Å². The highest BCUT2D eigenvalue weighted by Gasteiger charge is 2.13. The van der Waals surface area contributed by atoms with Crippen molar-refractivity contribution in [1.29, 1.82) is 0 Å². The zero-order valence-electron chi connectivity index (χ0n) is 17.9. The standard InChI is InChI=1S/C23H22N6O4/c1-32-18-12-16(9-10-17(18)19-13-24-14-33-19)26-23-28-21(15-6-3-2-4-7-15)27-22(29-23)25-11-5-8-20(30)31/h2-4,6-7,9-10,12-14H,5,8,11H2,1H3,(H,30,31)(H2,25,26,27,28,29). The summed E-state index contributed by atoms with van der Waals surface area (Å²) >= 11 is 0. The molecule has 0 aliphatic carbocycles. The molecule has 10 heteroatoms. The Hall–Kier alpha value is -4.47. The first-order valence-electron chi connectivity index (χ1n) is 10.2. The van der Waals surface area contributed by atoms with Crippen molar-refractivity contribution in [2.24, 2.45) is 0 Å². The van der Waals surface area contributed by atoms with Crippen molar-refractivity contribution in [3.8, 4) is 28.5 Å². The van der Waals surface area contributed by atoms with Crippen molar-refractivity contribution in [2.45, 2.75) is 12.8 Å². The first kappa shape index (κ1) is 21.8. The molecule has 0 bridgehead atoms. The van der Waals surface area contributed by atoms with Gasteiger partial charge in [0.2, 0.25) is 11.9 Å². The van der Waals surface area contributed by atoms with E-state index >= 15 is 0 Å². The molecule has 0 fully saturated rings. The summed E-state index contributed by atoms with van der Waals surface area (Å²) in [6, 6.07) is 15.0. The molecule has 0 aliphatic rings. The number of benzene rings is 2. The van der Waals surface area contributed by atoms with Crippen LogP contribution < -0.4 is 15.4 Å². The summed E-state index contributed by atoms with van der Waals surface area (Å²) in [7, 11) is 1.58. The molecule has 168 valence electrons. The smallest absolute Gasteiger partial charge is 0.303 e. The molecule has 0 aliphatic heterocycles. The fraction of sp³-hybridized carbons (Fsp3) is 0.174. The molecule has 2 heterocycles. The molecule has 0 atom stereocenters. The van der Waals surface area contributed by atoms with Gasteiger partial charge in [0.1, 0.15) is 5.75 Å². The van der Waals surface area contributed by atoms with E-state index in [0.717, 1.165) is 11.1 Å².